The minimum Gasteiger partial charge on any atom is -0.444 e. The van der Waals surface area contributed by atoms with E-state index in [1.54, 1.807) is 16.8 Å². The van der Waals surface area contributed by atoms with Crippen LogP contribution in [0.4, 0.5) is 4.79 Å². The van der Waals surface area contributed by atoms with Crippen LogP contribution in [-0.4, -0.2) is 53.6 Å². The van der Waals surface area contributed by atoms with Gasteiger partial charge in [0.05, 0.1) is 6.04 Å². The minimum absolute atomic E-state index is 0.00233. The molecule has 22 heavy (non-hydrogen) atoms. The summed E-state index contributed by atoms with van der Waals surface area (Å²) in [4.78, 5) is 27.9. The van der Waals surface area contributed by atoms with Gasteiger partial charge in [-0.25, -0.2) is 4.79 Å². The molecule has 120 valence electrons. The highest BCUT2D eigenvalue weighted by Crippen LogP contribution is 2.19. The lowest BCUT2D eigenvalue weighted by molar-refractivity contribution is 0.0226. The van der Waals surface area contributed by atoms with Gasteiger partial charge in [-0.05, 0) is 39.3 Å². The first kappa shape index (κ1) is 16.3. The summed E-state index contributed by atoms with van der Waals surface area (Å²) >= 11 is 0. The zero-order valence-corrected chi connectivity index (χ0v) is 13.7. The van der Waals surface area contributed by atoms with Gasteiger partial charge >= 0.3 is 6.09 Å². The second kappa shape index (κ2) is 6.38. The molecule has 1 heterocycles. The Bertz CT molecular complexity index is 537. The Balaban J connectivity index is 1.95. The predicted octanol–water partition coefficient (Wildman–Crippen LogP) is 2.77. The van der Waals surface area contributed by atoms with E-state index in [4.69, 9.17) is 4.74 Å². The van der Waals surface area contributed by atoms with E-state index in [1.807, 2.05) is 51.1 Å². The van der Waals surface area contributed by atoms with Crippen LogP contribution in [-0.2, 0) is 4.74 Å². The Morgan fingerprint density at radius 2 is 1.86 bits per heavy atom. The van der Waals surface area contributed by atoms with Crippen LogP contribution in [0.1, 0.15) is 37.6 Å². The Hall–Kier alpha value is -2.04. The standard InChI is InChI=1S/C17H24N2O3/c1-17(2,3)22-16(21)18(4)14-10-11-19(12-14)15(20)13-8-6-5-7-9-13/h5-9,14H,10-12H2,1-4H3/t14-/m1/s1. The second-order valence-corrected chi connectivity index (χ2v) is 6.65. The molecule has 2 amide bonds. The van der Waals surface area contributed by atoms with Crippen LogP contribution in [0.15, 0.2) is 30.3 Å². The number of hydrogen-bond donors (Lipinski definition) is 0. The molecule has 1 atom stereocenters. The largest absolute Gasteiger partial charge is 0.444 e. The molecule has 0 saturated carbocycles. The van der Waals surface area contributed by atoms with Crippen molar-refractivity contribution in [2.75, 3.05) is 20.1 Å². The summed E-state index contributed by atoms with van der Waals surface area (Å²) in [5.41, 5.74) is 0.173. The third kappa shape index (κ3) is 4.00. The summed E-state index contributed by atoms with van der Waals surface area (Å²) in [6.45, 7) is 6.74. The number of likely N-dealkylation sites (N-methyl/N-ethyl adjacent to an activating group) is 1. The number of hydrogen-bond acceptors (Lipinski definition) is 3. The van der Waals surface area contributed by atoms with Gasteiger partial charge in [0.1, 0.15) is 5.60 Å². The van der Waals surface area contributed by atoms with Crippen molar-refractivity contribution in [1.29, 1.82) is 0 Å². The van der Waals surface area contributed by atoms with Crippen molar-refractivity contribution in [2.45, 2.75) is 38.8 Å². The Labute approximate surface area is 131 Å². The third-order valence-electron chi connectivity index (χ3n) is 3.70. The fourth-order valence-corrected chi connectivity index (χ4v) is 2.49. The van der Waals surface area contributed by atoms with E-state index in [0.29, 0.717) is 18.7 Å². The van der Waals surface area contributed by atoms with Crippen molar-refractivity contribution in [3.05, 3.63) is 35.9 Å². The molecule has 0 N–H and O–H groups in total. The smallest absolute Gasteiger partial charge is 0.410 e. The average molecular weight is 304 g/mol. The molecule has 0 spiro atoms. The maximum atomic E-state index is 12.4. The number of amides is 2. The molecule has 5 heteroatoms. The van der Waals surface area contributed by atoms with Crippen molar-refractivity contribution in [1.82, 2.24) is 9.80 Å². The quantitative estimate of drug-likeness (QED) is 0.844. The maximum absolute atomic E-state index is 12.4. The Morgan fingerprint density at radius 1 is 1.23 bits per heavy atom. The number of carbonyl (C=O) groups is 2. The first-order chi connectivity index (χ1) is 10.3. The molecule has 1 aromatic carbocycles. The molecular formula is C17H24N2O3. The monoisotopic (exact) mass is 304 g/mol. The van der Waals surface area contributed by atoms with Crippen LogP contribution in [0.2, 0.25) is 0 Å². The van der Waals surface area contributed by atoms with Gasteiger partial charge in [-0.2, -0.15) is 0 Å². The van der Waals surface area contributed by atoms with E-state index >= 15 is 0 Å². The van der Waals surface area contributed by atoms with Crippen LogP contribution < -0.4 is 0 Å². The molecule has 1 saturated heterocycles. The summed E-state index contributed by atoms with van der Waals surface area (Å²) < 4.78 is 5.38. The molecular weight excluding hydrogens is 280 g/mol. The SMILES string of the molecule is CN(C(=O)OC(C)(C)C)[C@@H]1CCN(C(=O)c2ccccc2)C1. The fourth-order valence-electron chi connectivity index (χ4n) is 2.49. The van der Waals surface area contributed by atoms with Crippen LogP contribution in [0.25, 0.3) is 0 Å². The van der Waals surface area contributed by atoms with Gasteiger partial charge in [0, 0.05) is 25.7 Å². The number of rotatable bonds is 2. The van der Waals surface area contributed by atoms with Gasteiger partial charge in [-0.3, -0.25) is 4.79 Å². The highest BCUT2D eigenvalue weighted by Gasteiger charge is 2.33. The van der Waals surface area contributed by atoms with Crippen molar-refractivity contribution in [3.8, 4) is 0 Å². The topological polar surface area (TPSA) is 49.9 Å². The molecule has 5 nitrogen and oxygen atoms in total. The molecule has 0 unspecified atom stereocenters. The van der Waals surface area contributed by atoms with Gasteiger partial charge in [-0.1, -0.05) is 18.2 Å². The fraction of sp³-hybridized carbons (Fsp3) is 0.529. The van der Waals surface area contributed by atoms with Gasteiger partial charge in [-0.15, -0.1) is 0 Å². The van der Waals surface area contributed by atoms with Gasteiger partial charge < -0.3 is 14.5 Å². The number of likely N-dealkylation sites (tertiary alicyclic amines) is 1. The second-order valence-electron chi connectivity index (χ2n) is 6.65. The lowest BCUT2D eigenvalue weighted by Crippen LogP contribution is -2.42. The first-order valence-corrected chi connectivity index (χ1v) is 7.58. The molecule has 1 aliphatic heterocycles. The molecule has 0 radical (unpaired) electrons. The number of nitrogens with zero attached hydrogens (tertiary/aromatic N) is 2. The highest BCUT2D eigenvalue weighted by atomic mass is 16.6. The normalized spacial score (nSPS) is 18.2. The summed E-state index contributed by atoms with van der Waals surface area (Å²) in [6.07, 6.45) is 0.431. The number of benzene rings is 1. The Morgan fingerprint density at radius 3 is 2.45 bits per heavy atom. The van der Waals surface area contributed by atoms with E-state index in [9.17, 15) is 9.59 Å². The Kier molecular flexibility index (Phi) is 4.74. The minimum atomic E-state index is -0.510. The molecule has 2 rings (SSSR count). The molecule has 0 aliphatic carbocycles. The zero-order valence-electron chi connectivity index (χ0n) is 13.7. The molecule has 1 aromatic rings. The summed E-state index contributed by atoms with van der Waals surface area (Å²) in [5.74, 6) is 0.0145. The predicted molar refractivity (Wildman–Crippen MR) is 84.7 cm³/mol. The van der Waals surface area contributed by atoms with E-state index in [0.717, 1.165) is 6.42 Å². The number of carbonyl (C=O) groups excluding carboxylic acids is 2. The average Bonchev–Trinajstić information content (AvgIpc) is 2.94. The van der Waals surface area contributed by atoms with Crippen molar-refractivity contribution in [2.24, 2.45) is 0 Å². The van der Waals surface area contributed by atoms with Gasteiger partial charge in [0.15, 0.2) is 0 Å². The molecule has 1 aliphatic rings. The van der Waals surface area contributed by atoms with Crippen LogP contribution in [0.3, 0.4) is 0 Å². The van der Waals surface area contributed by atoms with Crippen LogP contribution >= 0.6 is 0 Å². The van der Waals surface area contributed by atoms with Crippen LogP contribution in [0.5, 0.6) is 0 Å². The molecule has 0 aromatic heterocycles. The van der Waals surface area contributed by atoms with E-state index in [-0.39, 0.29) is 18.0 Å². The van der Waals surface area contributed by atoms with E-state index in [1.165, 1.54) is 0 Å². The third-order valence-corrected chi connectivity index (χ3v) is 3.70. The van der Waals surface area contributed by atoms with Crippen molar-refractivity contribution in [3.63, 3.8) is 0 Å². The van der Waals surface area contributed by atoms with E-state index < -0.39 is 5.60 Å². The summed E-state index contributed by atoms with van der Waals surface area (Å²) in [6, 6.07) is 9.23. The van der Waals surface area contributed by atoms with Crippen molar-refractivity contribution < 1.29 is 14.3 Å². The summed E-state index contributed by atoms with van der Waals surface area (Å²) in [7, 11) is 1.73. The maximum Gasteiger partial charge on any atom is 0.410 e. The molecule has 0 bridgehead atoms. The number of ether oxygens (including phenoxy) is 1. The van der Waals surface area contributed by atoms with E-state index in [2.05, 4.69) is 0 Å². The lowest BCUT2D eigenvalue weighted by Gasteiger charge is -2.28. The van der Waals surface area contributed by atoms with Crippen molar-refractivity contribution >= 4 is 12.0 Å². The highest BCUT2D eigenvalue weighted by molar-refractivity contribution is 5.94. The van der Waals surface area contributed by atoms with Gasteiger partial charge in [0.2, 0.25) is 0 Å². The molecule has 1 fully saturated rings. The van der Waals surface area contributed by atoms with Crippen LogP contribution in [0, 0.1) is 0 Å². The summed E-state index contributed by atoms with van der Waals surface area (Å²) in [5, 5.41) is 0. The zero-order chi connectivity index (χ0) is 16.3. The van der Waals surface area contributed by atoms with Gasteiger partial charge in [0.25, 0.3) is 5.91 Å². The first-order valence-electron chi connectivity index (χ1n) is 7.58. The lowest BCUT2D eigenvalue weighted by atomic mass is 10.2.